The summed E-state index contributed by atoms with van der Waals surface area (Å²) in [6.45, 7) is 5.92. The molecule has 1 N–H and O–H groups in total. The average molecular weight is 494 g/mol. The van der Waals surface area contributed by atoms with Gasteiger partial charge in [-0.25, -0.2) is 9.50 Å². The fourth-order valence-corrected chi connectivity index (χ4v) is 3.52. The highest BCUT2D eigenvalue weighted by Gasteiger charge is 2.36. The average Bonchev–Trinajstić information content (AvgIpc) is 3.09. The van der Waals surface area contributed by atoms with Crippen molar-refractivity contribution in [3.05, 3.63) is 44.0 Å². The summed E-state index contributed by atoms with van der Waals surface area (Å²) in [6.07, 6.45) is -4.08. The predicted molar refractivity (Wildman–Crippen MR) is 104 cm³/mol. The van der Waals surface area contributed by atoms with E-state index in [4.69, 9.17) is 11.6 Å². The first-order valence-corrected chi connectivity index (χ1v) is 9.78. The third kappa shape index (κ3) is 4.25. The molecule has 7 nitrogen and oxygen atoms in total. The predicted octanol–water partition coefficient (Wildman–Crippen LogP) is 4.11. The van der Waals surface area contributed by atoms with E-state index in [1.807, 2.05) is 6.92 Å². The Labute approximate surface area is 177 Å². The van der Waals surface area contributed by atoms with Gasteiger partial charge in [0, 0.05) is 18.8 Å². The van der Waals surface area contributed by atoms with Crippen LogP contribution in [0.1, 0.15) is 39.7 Å². The van der Waals surface area contributed by atoms with Crippen molar-refractivity contribution in [1.29, 1.82) is 0 Å². The minimum atomic E-state index is -4.63. The Morgan fingerprint density at radius 2 is 1.97 bits per heavy atom. The minimum absolute atomic E-state index is 0.0697. The number of carbonyl (C=O) groups excluding carboxylic acids is 1. The van der Waals surface area contributed by atoms with Gasteiger partial charge in [0.2, 0.25) is 0 Å². The zero-order chi connectivity index (χ0) is 21.5. The first-order valence-electron chi connectivity index (χ1n) is 8.61. The summed E-state index contributed by atoms with van der Waals surface area (Å²) in [6, 6.07) is 0.883. The second kappa shape index (κ2) is 7.94. The van der Waals surface area contributed by atoms with Crippen molar-refractivity contribution < 1.29 is 18.0 Å². The summed E-state index contributed by atoms with van der Waals surface area (Å²) in [5.41, 5.74) is 0.495. The van der Waals surface area contributed by atoms with Gasteiger partial charge >= 0.3 is 6.18 Å². The third-order valence-electron chi connectivity index (χ3n) is 4.29. The van der Waals surface area contributed by atoms with Crippen LogP contribution in [-0.4, -0.2) is 36.8 Å². The Bertz CT molecular complexity index is 1090. The number of amides is 1. The van der Waals surface area contributed by atoms with Crippen LogP contribution in [0.25, 0.3) is 5.65 Å². The van der Waals surface area contributed by atoms with Crippen LogP contribution < -0.4 is 5.32 Å². The third-order valence-corrected chi connectivity index (χ3v) is 5.57. The molecular formula is C17H17BrClF3N6O. The van der Waals surface area contributed by atoms with Gasteiger partial charge in [-0.3, -0.25) is 9.48 Å². The molecule has 0 aliphatic rings. The fraction of sp³-hybridized carbons (Fsp3) is 0.412. The molecule has 0 saturated heterocycles. The molecule has 0 saturated carbocycles. The van der Waals surface area contributed by atoms with Crippen LogP contribution in [0.5, 0.6) is 0 Å². The summed E-state index contributed by atoms with van der Waals surface area (Å²) in [4.78, 5) is 16.5. The van der Waals surface area contributed by atoms with Crippen LogP contribution in [0.3, 0.4) is 0 Å². The van der Waals surface area contributed by atoms with E-state index in [0.717, 1.165) is 17.5 Å². The molecule has 0 bridgehead atoms. The molecule has 3 aromatic rings. The Morgan fingerprint density at radius 1 is 1.28 bits per heavy atom. The topological polar surface area (TPSA) is 77.1 Å². The summed E-state index contributed by atoms with van der Waals surface area (Å²) >= 11 is 9.25. The largest absolute Gasteiger partial charge is 0.433 e. The van der Waals surface area contributed by atoms with E-state index in [1.165, 1.54) is 6.92 Å². The molecule has 0 unspecified atom stereocenters. The number of halogens is 5. The summed E-state index contributed by atoms with van der Waals surface area (Å²) in [5.74, 6) is -0.598. The fourth-order valence-electron chi connectivity index (χ4n) is 2.87. The van der Waals surface area contributed by atoms with Crippen LogP contribution in [0, 0.1) is 20.8 Å². The van der Waals surface area contributed by atoms with Crippen LogP contribution >= 0.6 is 27.5 Å². The number of nitrogens with one attached hydrogen (secondary N) is 1. The highest BCUT2D eigenvalue weighted by molar-refractivity contribution is 9.10. The van der Waals surface area contributed by atoms with Gasteiger partial charge in [-0.2, -0.15) is 23.4 Å². The highest BCUT2D eigenvalue weighted by atomic mass is 79.9. The molecule has 0 fully saturated rings. The lowest BCUT2D eigenvalue weighted by atomic mass is 10.3. The Kier molecular flexibility index (Phi) is 5.91. The number of fused-ring (bicyclic) bond motifs is 1. The van der Waals surface area contributed by atoms with Crippen molar-refractivity contribution in [2.24, 2.45) is 0 Å². The van der Waals surface area contributed by atoms with E-state index in [0.29, 0.717) is 22.5 Å². The van der Waals surface area contributed by atoms with Crippen LogP contribution in [0.2, 0.25) is 5.02 Å². The number of rotatable bonds is 5. The first-order chi connectivity index (χ1) is 13.5. The molecule has 0 aliphatic heterocycles. The molecule has 0 aromatic carbocycles. The number of aryl methyl sites for hydroxylation is 3. The second-order valence-electron chi connectivity index (χ2n) is 6.50. The molecule has 0 atom stereocenters. The Balaban J connectivity index is 1.74. The lowest BCUT2D eigenvalue weighted by Gasteiger charge is -2.09. The SMILES string of the molecule is Cc1cc(C(F)(F)F)n2nc(C(=O)NCCCn3nc(C)c(Cl)c3C)c(Br)c2n1. The van der Waals surface area contributed by atoms with Gasteiger partial charge in [0.15, 0.2) is 11.3 Å². The molecule has 29 heavy (non-hydrogen) atoms. The highest BCUT2D eigenvalue weighted by Crippen LogP contribution is 2.32. The van der Waals surface area contributed by atoms with Crippen molar-refractivity contribution in [1.82, 2.24) is 29.7 Å². The molecule has 0 spiro atoms. The molecule has 3 heterocycles. The summed E-state index contributed by atoms with van der Waals surface area (Å²) < 4.78 is 42.3. The van der Waals surface area contributed by atoms with Crippen molar-refractivity contribution in [2.75, 3.05) is 6.54 Å². The summed E-state index contributed by atoms with van der Waals surface area (Å²) in [5, 5.41) is 11.4. The first kappa shape index (κ1) is 21.6. The maximum absolute atomic E-state index is 13.3. The second-order valence-corrected chi connectivity index (χ2v) is 7.67. The number of hydrogen-bond acceptors (Lipinski definition) is 4. The minimum Gasteiger partial charge on any atom is -0.351 e. The summed E-state index contributed by atoms with van der Waals surface area (Å²) in [7, 11) is 0. The van der Waals surface area contributed by atoms with Crippen molar-refractivity contribution in [2.45, 2.75) is 39.9 Å². The molecule has 156 valence electrons. The van der Waals surface area contributed by atoms with Gasteiger partial charge in [-0.15, -0.1) is 0 Å². The quantitative estimate of drug-likeness (QED) is 0.543. The van der Waals surface area contributed by atoms with E-state index < -0.39 is 17.8 Å². The lowest BCUT2D eigenvalue weighted by molar-refractivity contribution is -0.142. The van der Waals surface area contributed by atoms with Crippen LogP contribution in [0.4, 0.5) is 13.2 Å². The number of alkyl halides is 3. The smallest absolute Gasteiger partial charge is 0.351 e. The van der Waals surface area contributed by atoms with Gasteiger partial charge in [0.1, 0.15) is 5.69 Å². The number of carbonyl (C=O) groups is 1. The molecule has 1 amide bonds. The van der Waals surface area contributed by atoms with Crippen molar-refractivity contribution in [3.63, 3.8) is 0 Å². The lowest BCUT2D eigenvalue weighted by Crippen LogP contribution is -2.26. The van der Waals surface area contributed by atoms with E-state index in [9.17, 15) is 18.0 Å². The number of aromatic nitrogens is 5. The molecule has 3 rings (SSSR count). The molecule has 0 aliphatic carbocycles. The molecular weight excluding hydrogens is 477 g/mol. The maximum Gasteiger partial charge on any atom is 0.433 e. The normalized spacial score (nSPS) is 12.0. The van der Waals surface area contributed by atoms with Crippen molar-refractivity contribution >= 4 is 39.1 Å². The zero-order valence-corrected chi connectivity index (χ0v) is 18.1. The Hall–Kier alpha value is -2.14. The van der Waals surface area contributed by atoms with E-state index >= 15 is 0 Å². The zero-order valence-electron chi connectivity index (χ0n) is 15.7. The monoisotopic (exact) mass is 492 g/mol. The van der Waals surface area contributed by atoms with Gasteiger partial charge in [-0.1, -0.05) is 11.6 Å². The van der Waals surface area contributed by atoms with Crippen LogP contribution in [0.15, 0.2) is 10.5 Å². The standard InChI is InChI=1S/C17H17BrClF3N6O/c1-8-7-11(17(20,21)22)28-15(24-8)12(18)14(26-28)16(29)23-5-4-6-27-10(3)13(19)9(2)25-27/h7H,4-6H2,1-3H3,(H,23,29). The Morgan fingerprint density at radius 3 is 2.55 bits per heavy atom. The number of hydrogen-bond donors (Lipinski definition) is 1. The van der Waals surface area contributed by atoms with Gasteiger partial charge < -0.3 is 5.32 Å². The molecule has 0 radical (unpaired) electrons. The van der Waals surface area contributed by atoms with Gasteiger partial charge in [0.25, 0.3) is 5.91 Å². The van der Waals surface area contributed by atoms with E-state index in [1.54, 1.807) is 11.6 Å². The van der Waals surface area contributed by atoms with Gasteiger partial charge in [-0.05, 0) is 49.2 Å². The molecule has 12 heteroatoms. The van der Waals surface area contributed by atoms with Gasteiger partial charge in [0.05, 0.1) is 20.9 Å². The number of nitrogens with zero attached hydrogens (tertiary/aromatic N) is 5. The maximum atomic E-state index is 13.3. The van der Waals surface area contributed by atoms with E-state index in [2.05, 4.69) is 36.4 Å². The van der Waals surface area contributed by atoms with Crippen LogP contribution in [-0.2, 0) is 12.7 Å². The molecule has 3 aromatic heterocycles. The van der Waals surface area contributed by atoms with E-state index in [-0.39, 0.29) is 28.1 Å². The van der Waals surface area contributed by atoms with Crippen molar-refractivity contribution in [3.8, 4) is 0 Å².